The Morgan fingerprint density at radius 1 is 1.19 bits per heavy atom. The molecule has 0 aromatic carbocycles. The molecule has 0 saturated carbocycles. The second-order valence-electron chi connectivity index (χ2n) is 4.91. The van der Waals surface area contributed by atoms with Crippen LogP contribution in [0.2, 0.25) is 0 Å². The molecule has 0 fully saturated rings. The Bertz CT molecular complexity index is 375. The summed E-state index contributed by atoms with van der Waals surface area (Å²) in [5.41, 5.74) is 0. The lowest BCUT2D eigenvalue weighted by Crippen LogP contribution is -2.41. The van der Waals surface area contributed by atoms with Crippen molar-refractivity contribution in [3.05, 3.63) is 0 Å². The second kappa shape index (κ2) is 13.5. The Kier molecular flexibility index (Phi) is 14.9. The van der Waals surface area contributed by atoms with Crippen molar-refractivity contribution in [2.45, 2.75) is 20.3 Å². The van der Waals surface area contributed by atoms with Crippen LogP contribution in [0.15, 0.2) is 4.99 Å². The molecule has 0 atom stereocenters. The van der Waals surface area contributed by atoms with Gasteiger partial charge in [0, 0.05) is 39.9 Å². The maximum absolute atomic E-state index is 10.9. The number of nitrogens with zero attached hydrogens (tertiary/aromatic N) is 1. The summed E-state index contributed by atoms with van der Waals surface area (Å²) < 4.78 is 29.6. The lowest BCUT2D eigenvalue weighted by Gasteiger charge is -2.12. The van der Waals surface area contributed by atoms with Gasteiger partial charge in [0.25, 0.3) is 0 Å². The molecule has 7 nitrogen and oxygen atoms in total. The highest BCUT2D eigenvalue weighted by molar-refractivity contribution is 14.0. The molecule has 0 aliphatic rings. The van der Waals surface area contributed by atoms with E-state index >= 15 is 0 Å². The number of ether oxygens (including phenoxy) is 1. The average Bonchev–Trinajstić information content (AvgIpc) is 2.34. The topological polar surface area (TPSA) is 91.8 Å². The molecule has 0 spiro atoms. The summed E-state index contributed by atoms with van der Waals surface area (Å²) in [4.78, 5) is 4.04. The maximum atomic E-state index is 10.9. The zero-order valence-corrected chi connectivity index (χ0v) is 16.5. The van der Waals surface area contributed by atoms with Crippen LogP contribution in [0.5, 0.6) is 0 Å². The first kappa shape index (κ1) is 23.1. The number of halogens is 1. The molecule has 0 bridgehead atoms. The van der Waals surface area contributed by atoms with Gasteiger partial charge in [0.2, 0.25) is 10.0 Å². The van der Waals surface area contributed by atoms with Crippen LogP contribution in [0.4, 0.5) is 0 Å². The number of aliphatic imine (C=N–C) groups is 1. The van der Waals surface area contributed by atoms with Gasteiger partial charge in [0.1, 0.15) is 0 Å². The molecule has 0 aromatic heterocycles. The van der Waals surface area contributed by atoms with Gasteiger partial charge in [-0.05, 0) is 12.3 Å². The molecular weight excluding hydrogens is 407 g/mol. The third-order valence-electron chi connectivity index (χ3n) is 2.21. The summed E-state index contributed by atoms with van der Waals surface area (Å²) in [6.07, 6.45) is 2.03. The fraction of sp³-hybridized carbons (Fsp3) is 0.917. The normalized spacial score (nSPS) is 12.1. The van der Waals surface area contributed by atoms with Gasteiger partial charge in [-0.1, -0.05) is 13.8 Å². The molecule has 0 aromatic rings. The minimum Gasteiger partial charge on any atom is -0.381 e. The quantitative estimate of drug-likeness (QED) is 0.199. The summed E-state index contributed by atoms with van der Waals surface area (Å²) >= 11 is 0. The summed E-state index contributed by atoms with van der Waals surface area (Å²) in [6, 6.07) is 0. The van der Waals surface area contributed by atoms with E-state index in [1.54, 1.807) is 7.05 Å². The summed E-state index contributed by atoms with van der Waals surface area (Å²) in [5, 5.41) is 6.16. The monoisotopic (exact) mass is 436 g/mol. The van der Waals surface area contributed by atoms with E-state index in [-0.39, 0.29) is 24.0 Å². The van der Waals surface area contributed by atoms with E-state index in [1.807, 2.05) is 0 Å². The van der Waals surface area contributed by atoms with Gasteiger partial charge < -0.3 is 15.4 Å². The van der Waals surface area contributed by atoms with Crippen LogP contribution >= 0.6 is 24.0 Å². The van der Waals surface area contributed by atoms with Gasteiger partial charge in [-0.25, -0.2) is 13.1 Å². The lowest BCUT2D eigenvalue weighted by molar-refractivity contribution is 0.108. The number of guanidine groups is 1. The molecule has 0 unspecified atom stereocenters. The number of sulfonamides is 1. The molecule has 21 heavy (non-hydrogen) atoms. The molecule has 128 valence electrons. The fourth-order valence-corrected chi connectivity index (χ4v) is 1.81. The Labute approximate surface area is 145 Å². The zero-order valence-electron chi connectivity index (χ0n) is 13.3. The SMILES string of the molecule is CN=C(NCCCOCC(C)C)NCCNS(C)(=O)=O.I. The molecule has 0 amide bonds. The molecular formula is C12H29IN4O3S. The molecule has 3 N–H and O–H groups in total. The van der Waals surface area contributed by atoms with Gasteiger partial charge >= 0.3 is 0 Å². The zero-order chi connectivity index (χ0) is 15.4. The van der Waals surface area contributed by atoms with E-state index in [0.29, 0.717) is 25.0 Å². The van der Waals surface area contributed by atoms with Crippen LogP contribution in [0, 0.1) is 5.92 Å². The first-order valence-electron chi connectivity index (χ1n) is 6.82. The predicted octanol–water partition coefficient (Wildman–Crippen LogP) is 0.381. The van der Waals surface area contributed by atoms with E-state index in [9.17, 15) is 8.42 Å². The van der Waals surface area contributed by atoms with Crippen LogP contribution < -0.4 is 15.4 Å². The van der Waals surface area contributed by atoms with Crippen LogP contribution in [0.1, 0.15) is 20.3 Å². The van der Waals surface area contributed by atoms with Crippen LogP contribution in [0.3, 0.4) is 0 Å². The van der Waals surface area contributed by atoms with Crippen LogP contribution in [-0.4, -0.2) is 60.5 Å². The van der Waals surface area contributed by atoms with Crippen molar-refractivity contribution in [1.29, 1.82) is 0 Å². The Balaban J connectivity index is 0. The van der Waals surface area contributed by atoms with E-state index in [0.717, 1.165) is 32.4 Å². The molecule has 9 heteroatoms. The van der Waals surface area contributed by atoms with Gasteiger partial charge in [-0.2, -0.15) is 0 Å². The van der Waals surface area contributed by atoms with Crippen molar-refractivity contribution in [1.82, 2.24) is 15.4 Å². The maximum Gasteiger partial charge on any atom is 0.208 e. The van der Waals surface area contributed by atoms with Crippen molar-refractivity contribution < 1.29 is 13.2 Å². The number of nitrogens with one attached hydrogen (secondary N) is 3. The van der Waals surface area contributed by atoms with E-state index in [1.165, 1.54) is 0 Å². The van der Waals surface area contributed by atoms with Crippen molar-refractivity contribution >= 4 is 40.0 Å². The summed E-state index contributed by atoms with van der Waals surface area (Å²) in [7, 11) is -1.45. The highest BCUT2D eigenvalue weighted by Gasteiger charge is 2.00. The molecule has 0 aliphatic heterocycles. The molecule has 0 saturated heterocycles. The van der Waals surface area contributed by atoms with Gasteiger partial charge in [-0.3, -0.25) is 4.99 Å². The number of hydrogen-bond donors (Lipinski definition) is 3. The number of rotatable bonds is 10. The van der Waals surface area contributed by atoms with E-state index in [4.69, 9.17) is 4.74 Å². The molecule has 0 aliphatic carbocycles. The van der Waals surface area contributed by atoms with Crippen molar-refractivity contribution in [2.75, 3.05) is 46.2 Å². The second-order valence-corrected chi connectivity index (χ2v) is 6.75. The van der Waals surface area contributed by atoms with Gasteiger partial charge in [0.05, 0.1) is 6.26 Å². The fourth-order valence-electron chi connectivity index (χ4n) is 1.34. The lowest BCUT2D eigenvalue weighted by atomic mass is 10.2. The van der Waals surface area contributed by atoms with Crippen LogP contribution in [-0.2, 0) is 14.8 Å². The Morgan fingerprint density at radius 2 is 1.81 bits per heavy atom. The summed E-state index contributed by atoms with van der Waals surface area (Å²) in [5.74, 6) is 1.21. The Hall–Kier alpha value is -0.130. The molecule has 0 heterocycles. The minimum absolute atomic E-state index is 0. The highest BCUT2D eigenvalue weighted by atomic mass is 127. The standard InChI is InChI=1S/C12H28N4O3S.HI/c1-11(2)10-19-9-5-6-14-12(13-3)15-7-8-16-20(4,17)18;/h11,16H,5-10H2,1-4H3,(H2,13,14,15);1H. The molecule has 0 rings (SSSR count). The van der Waals surface area contributed by atoms with Crippen molar-refractivity contribution in [3.8, 4) is 0 Å². The van der Waals surface area contributed by atoms with E-state index in [2.05, 4.69) is 34.2 Å². The first-order valence-corrected chi connectivity index (χ1v) is 8.71. The smallest absolute Gasteiger partial charge is 0.208 e. The number of hydrogen-bond acceptors (Lipinski definition) is 4. The average molecular weight is 436 g/mol. The highest BCUT2D eigenvalue weighted by Crippen LogP contribution is 1.92. The van der Waals surface area contributed by atoms with Gasteiger partial charge in [0.15, 0.2) is 5.96 Å². The van der Waals surface area contributed by atoms with E-state index < -0.39 is 10.0 Å². The minimum atomic E-state index is -3.13. The third kappa shape index (κ3) is 17.8. The third-order valence-corrected chi connectivity index (χ3v) is 2.94. The Morgan fingerprint density at radius 3 is 2.33 bits per heavy atom. The largest absolute Gasteiger partial charge is 0.381 e. The molecule has 0 radical (unpaired) electrons. The van der Waals surface area contributed by atoms with Crippen molar-refractivity contribution in [2.24, 2.45) is 10.9 Å². The summed E-state index contributed by atoms with van der Waals surface area (Å²) in [6.45, 7) is 7.32. The predicted molar refractivity (Wildman–Crippen MR) is 97.9 cm³/mol. The van der Waals surface area contributed by atoms with Gasteiger partial charge in [-0.15, -0.1) is 24.0 Å². The van der Waals surface area contributed by atoms with Crippen molar-refractivity contribution in [3.63, 3.8) is 0 Å². The first-order chi connectivity index (χ1) is 9.35. The van der Waals surface area contributed by atoms with Crippen LogP contribution in [0.25, 0.3) is 0 Å².